The zero-order valence-electron chi connectivity index (χ0n) is 13.5. The van der Waals surface area contributed by atoms with Gasteiger partial charge in [0, 0.05) is 38.8 Å². The Hall–Kier alpha value is -0.230. The van der Waals surface area contributed by atoms with Gasteiger partial charge in [-0.15, -0.1) is 24.8 Å². The first-order valence-electron chi connectivity index (χ1n) is 7.44. The van der Waals surface area contributed by atoms with Crippen molar-refractivity contribution < 1.29 is 4.79 Å². The zero-order chi connectivity index (χ0) is 14.2. The van der Waals surface area contributed by atoms with Gasteiger partial charge < -0.3 is 16.0 Å². The molecule has 3 N–H and O–H groups in total. The van der Waals surface area contributed by atoms with Crippen LogP contribution in [0.3, 0.4) is 0 Å². The molecule has 1 unspecified atom stereocenters. The van der Waals surface area contributed by atoms with Crippen molar-refractivity contribution in [1.29, 1.82) is 0 Å². The van der Waals surface area contributed by atoms with Gasteiger partial charge in [-0.3, -0.25) is 4.90 Å². The summed E-state index contributed by atoms with van der Waals surface area (Å²) in [7, 11) is 0. The number of halogens is 2. The summed E-state index contributed by atoms with van der Waals surface area (Å²) in [6, 6.07) is 0.0927. The summed E-state index contributed by atoms with van der Waals surface area (Å²) in [5.41, 5.74) is 5.52. The van der Waals surface area contributed by atoms with Crippen molar-refractivity contribution in [2.24, 2.45) is 17.6 Å². The molecule has 0 spiro atoms. The van der Waals surface area contributed by atoms with E-state index in [1.807, 2.05) is 4.90 Å². The van der Waals surface area contributed by atoms with Crippen molar-refractivity contribution in [2.75, 3.05) is 32.7 Å². The number of fused-ring (bicyclic) bond motifs is 1. The van der Waals surface area contributed by atoms with Crippen LogP contribution in [-0.2, 0) is 0 Å². The number of hydrogen-bond acceptors (Lipinski definition) is 3. The van der Waals surface area contributed by atoms with Crippen molar-refractivity contribution in [3.05, 3.63) is 0 Å². The van der Waals surface area contributed by atoms with Gasteiger partial charge in [-0.2, -0.15) is 0 Å². The molecule has 2 heterocycles. The first-order valence-corrected chi connectivity index (χ1v) is 7.44. The molecule has 1 atom stereocenters. The SMILES string of the molecule is CC(C)C1(C(C)C)C2CNCCN2CCN1C(N)=O.Cl.Cl. The molecule has 2 rings (SSSR count). The van der Waals surface area contributed by atoms with E-state index in [0.717, 1.165) is 32.7 Å². The van der Waals surface area contributed by atoms with Gasteiger partial charge >= 0.3 is 6.03 Å². The lowest BCUT2D eigenvalue weighted by atomic mass is 9.68. The van der Waals surface area contributed by atoms with Crippen LogP contribution in [0.4, 0.5) is 4.79 Å². The highest BCUT2D eigenvalue weighted by Crippen LogP contribution is 2.41. The summed E-state index contributed by atoms with van der Waals surface area (Å²) in [4.78, 5) is 16.4. The standard InChI is InChI=1S/C14H28N4O.2ClH/c1-10(2)14(11(3)4)12-9-16-5-6-17(12)7-8-18(14)13(15)19;;/h10-12,16H,5-9H2,1-4H3,(H2,15,19);2*1H. The Morgan fingerprint density at radius 1 is 1.14 bits per heavy atom. The van der Waals surface area contributed by atoms with Crippen molar-refractivity contribution in [2.45, 2.75) is 39.3 Å². The molecule has 0 aromatic heterocycles. The molecule has 2 aliphatic heterocycles. The molecule has 0 bridgehead atoms. The average Bonchev–Trinajstić information content (AvgIpc) is 2.36. The first kappa shape index (κ1) is 20.8. The normalized spacial score (nSPS) is 25.0. The smallest absolute Gasteiger partial charge is 0.315 e. The van der Waals surface area contributed by atoms with E-state index >= 15 is 0 Å². The monoisotopic (exact) mass is 340 g/mol. The number of primary amides is 1. The first-order chi connectivity index (χ1) is 8.92. The van der Waals surface area contributed by atoms with Crippen LogP contribution in [0.1, 0.15) is 27.7 Å². The Kier molecular flexibility index (Phi) is 7.77. The van der Waals surface area contributed by atoms with Gasteiger partial charge in [0.05, 0.1) is 5.54 Å². The van der Waals surface area contributed by atoms with Crippen LogP contribution in [0.15, 0.2) is 0 Å². The third-order valence-corrected chi connectivity index (χ3v) is 5.08. The van der Waals surface area contributed by atoms with Gasteiger partial charge in [0.15, 0.2) is 0 Å². The number of carbonyl (C=O) groups excluding carboxylic acids is 1. The van der Waals surface area contributed by atoms with Crippen molar-refractivity contribution in [3.63, 3.8) is 0 Å². The van der Waals surface area contributed by atoms with E-state index in [9.17, 15) is 4.79 Å². The second-order valence-corrected chi connectivity index (χ2v) is 6.44. The summed E-state index contributed by atoms with van der Waals surface area (Å²) in [5, 5.41) is 3.49. The number of nitrogens with zero attached hydrogens (tertiary/aromatic N) is 2. The van der Waals surface area contributed by atoms with Crippen LogP contribution >= 0.6 is 24.8 Å². The molecule has 2 aliphatic rings. The fourth-order valence-electron chi connectivity index (χ4n) is 4.43. The lowest BCUT2D eigenvalue weighted by Gasteiger charge is -2.61. The molecule has 2 saturated heterocycles. The van der Waals surface area contributed by atoms with Crippen molar-refractivity contribution in [3.8, 4) is 0 Å². The average molecular weight is 341 g/mol. The Morgan fingerprint density at radius 3 is 2.19 bits per heavy atom. The van der Waals surface area contributed by atoms with Crippen LogP contribution in [0.25, 0.3) is 0 Å². The van der Waals surface area contributed by atoms with Crippen LogP contribution < -0.4 is 11.1 Å². The molecule has 2 fully saturated rings. The lowest BCUT2D eigenvalue weighted by molar-refractivity contribution is -0.0877. The number of rotatable bonds is 2. The number of urea groups is 1. The number of carbonyl (C=O) groups is 1. The summed E-state index contributed by atoms with van der Waals surface area (Å²) in [5.74, 6) is 0.764. The molecule has 0 aliphatic carbocycles. The molecule has 0 aromatic carbocycles. The minimum Gasteiger partial charge on any atom is -0.351 e. The highest BCUT2D eigenvalue weighted by atomic mass is 35.5. The third kappa shape index (κ3) is 3.26. The predicted molar refractivity (Wildman–Crippen MR) is 91.4 cm³/mol. The predicted octanol–water partition coefficient (Wildman–Crippen LogP) is 1.55. The molecule has 0 radical (unpaired) electrons. The van der Waals surface area contributed by atoms with Crippen LogP contribution in [-0.4, -0.2) is 60.1 Å². The number of hydrogen-bond donors (Lipinski definition) is 2. The highest BCUT2D eigenvalue weighted by Gasteiger charge is 2.55. The molecule has 5 nitrogen and oxygen atoms in total. The van der Waals surface area contributed by atoms with Gasteiger partial charge in [0.2, 0.25) is 0 Å². The van der Waals surface area contributed by atoms with Crippen LogP contribution in [0.5, 0.6) is 0 Å². The molecular weight excluding hydrogens is 311 g/mol. The van der Waals surface area contributed by atoms with Crippen molar-refractivity contribution in [1.82, 2.24) is 15.1 Å². The largest absolute Gasteiger partial charge is 0.351 e. The van der Waals surface area contributed by atoms with Gasteiger partial charge in [-0.05, 0) is 11.8 Å². The van der Waals surface area contributed by atoms with E-state index in [4.69, 9.17) is 5.73 Å². The topological polar surface area (TPSA) is 61.6 Å². The minimum absolute atomic E-state index is 0. The van der Waals surface area contributed by atoms with E-state index in [1.165, 1.54) is 0 Å². The molecule has 7 heteroatoms. The number of piperazine rings is 2. The Balaban J connectivity index is 0.00000200. The fraction of sp³-hybridized carbons (Fsp3) is 0.929. The van der Waals surface area contributed by atoms with E-state index in [-0.39, 0.29) is 36.4 Å². The Labute approximate surface area is 140 Å². The molecule has 0 aromatic rings. The quantitative estimate of drug-likeness (QED) is 0.801. The Morgan fingerprint density at radius 2 is 1.71 bits per heavy atom. The maximum atomic E-state index is 12.0. The molecule has 126 valence electrons. The number of amides is 2. The summed E-state index contributed by atoms with van der Waals surface area (Å²) < 4.78 is 0. The van der Waals surface area contributed by atoms with Gasteiger partial charge in [0.1, 0.15) is 0 Å². The second kappa shape index (κ2) is 7.86. The van der Waals surface area contributed by atoms with Gasteiger partial charge in [-0.1, -0.05) is 27.7 Å². The molecule has 21 heavy (non-hydrogen) atoms. The van der Waals surface area contributed by atoms with Gasteiger partial charge in [-0.25, -0.2) is 4.79 Å². The van der Waals surface area contributed by atoms with Crippen molar-refractivity contribution >= 4 is 30.8 Å². The van der Waals surface area contributed by atoms with E-state index in [1.54, 1.807) is 0 Å². The van der Waals surface area contributed by atoms with Gasteiger partial charge in [0.25, 0.3) is 0 Å². The van der Waals surface area contributed by atoms with Crippen LogP contribution in [0.2, 0.25) is 0 Å². The maximum Gasteiger partial charge on any atom is 0.315 e. The van der Waals surface area contributed by atoms with E-state index < -0.39 is 0 Å². The van der Waals surface area contributed by atoms with Crippen LogP contribution in [0, 0.1) is 11.8 Å². The molecule has 0 saturated carbocycles. The van der Waals surface area contributed by atoms with E-state index in [0.29, 0.717) is 17.9 Å². The number of nitrogens with one attached hydrogen (secondary N) is 1. The minimum atomic E-state index is -0.271. The zero-order valence-corrected chi connectivity index (χ0v) is 15.1. The Bertz CT molecular complexity index is 344. The lowest BCUT2D eigenvalue weighted by Crippen LogP contribution is -2.77. The molecule has 2 amide bonds. The summed E-state index contributed by atoms with van der Waals surface area (Å²) >= 11 is 0. The third-order valence-electron chi connectivity index (χ3n) is 5.08. The van der Waals surface area contributed by atoms with E-state index in [2.05, 4.69) is 37.9 Å². The summed E-state index contributed by atoms with van der Waals surface area (Å²) in [6.07, 6.45) is 0. The second-order valence-electron chi connectivity index (χ2n) is 6.44. The number of nitrogens with two attached hydrogens (primary N) is 1. The highest BCUT2D eigenvalue weighted by molar-refractivity contribution is 5.85. The fourth-order valence-corrected chi connectivity index (χ4v) is 4.43. The molecular formula is C14H30Cl2N4O. The summed E-state index contributed by atoms with van der Waals surface area (Å²) in [6.45, 7) is 13.6. The maximum absolute atomic E-state index is 12.0.